The third kappa shape index (κ3) is 5.70. The molecule has 0 aromatic heterocycles. The SMILES string of the molecule is CCOC(=O)C(CCCO)CC(C)=O. The Hall–Kier alpha value is -0.900. The summed E-state index contributed by atoms with van der Waals surface area (Å²) in [5, 5.41) is 8.62. The molecule has 0 amide bonds. The van der Waals surface area contributed by atoms with E-state index < -0.39 is 0 Å². The first kappa shape index (κ1) is 13.1. The molecular weight excluding hydrogens is 184 g/mol. The van der Waals surface area contributed by atoms with E-state index in [0.717, 1.165) is 0 Å². The van der Waals surface area contributed by atoms with Crippen molar-refractivity contribution in [3.05, 3.63) is 0 Å². The highest BCUT2D eigenvalue weighted by molar-refractivity contribution is 5.82. The van der Waals surface area contributed by atoms with Crippen molar-refractivity contribution in [1.82, 2.24) is 0 Å². The lowest BCUT2D eigenvalue weighted by Gasteiger charge is -2.12. The maximum Gasteiger partial charge on any atom is 0.309 e. The average molecular weight is 202 g/mol. The summed E-state index contributed by atoms with van der Waals surface area (Å²) in [5.41, 5.74) is 0. The Bertz CT molecular complexity index is 189. The fraction of sp³-hybridized carbons (Fsp3) is 0.800. The van der Waals surface area contributed by atoms with Crippen LogP contribution in [0, 0.1) is 5.92 Å². The molecule has 1 unspecified atom stereocenters. The van der Waals surface area contributed by atoms with Crippen LogP contribution in [0.1, 0.15) is 33.1 Å². The van der Waals surface area contributed by atoms with Crippen molar-refractivity contribution in [3.8, 4) is 0 Å². The van der Waals surface area contributed by atoms with Crippen molar-refractivity contribution in [3.63, 3.8) is 0 Å². The Labute approximate surface area is 84.3 Å². The second-order valence-corrected chi connectivity index (χ2v) is 3.22. The third-order valence-corrected chi connectivity index (χ3v) is 1.86. The molecule has 0 fully saturated rings. The molecule has 0 heterocycles. The number of hydrogen-bond acceptors (Lipinski definition) is 4. The number of aliphatic hydroxyl groups is 1. The van der Waals surface area contributed by atoms with Crippen LogP contribution in [0.3, 0.4) is 0 Å². The van der Waals surface area contributed by atoms with Crippen molar-refractivity contribution in [2.45, 2.75) is 33.1 Å². The summed E-state index contributed by atoms with van der Waals surface area (Å²) >= 11 is 0. The maximum absolute atomic E-state index is 11.3. The molecule has 0 bridgehead atoms. The van der Waals surface area contributed by atoms with E-state index in [1.165, 1.54) is 6.92 Å². The van der Waals surface area contributed by atoms with Crippen molar-refractivity contribution in [2.75, 3.05) is 13.2 Å². The number of ether oxygens (including phenoxy) is 1. The van der Waals surface area contributed by atoms with Crippen LogP contribution in [0.4, 0.5) is 0 Å². The van der Waals surface area contributed by atoms with Gasteiger partial charge in [0.2, 0.25) is 0 Å². The lowest BCUT2D eigenvalue weighted by atomic mass is 9.98. The minimum Gasteiger partial charge on any atom is -0.466 e. The van der Waals surface area contributed by atoms with Crippen LogP contribution in [0.25, 0.3) is 0 Å². The Morgan fingerprint density at radius 1 is 1.43 bits per heavy atom. The molecule has 0 rings (SSSR count). The van der Waals surface area contributed by atoms with E-state index in [0.29, 0.717) is 19.4 Å². The van der Waals surface area contributed by atoms with Gasteiger partial charge in [0, 0.05) is 13.0 Å². The van der Waals surface area contributed by atoms with Gasteiger partial charge in [0.15, 0.2) is 0 Å². The number of hydrogen-bond donors (Lipinski definition) is 1. The molecule has 0 aliphatic carbocycles. The summed E-state index contributed by atoms with van der Waals surface area (Å²) in [5.74, 6) is -0.753. The van der Waals surface area contributed by atoms with Crippen LogP contribution in [-0.2, 0) is 14.3 Å². The summed E-state index contributed by atoms with van der Waals surface area (Å²) in [4.78, 5) is 22.2. The Morgan fingerprint density at radius 2 is 2.07 bits per heavy atom. The molecular formula is C10H18O4. The highest BCUT2D eigenvalue weighted by atomic mass is 16.5. The van der Waals surface area contributed by atoms with Gasteiger partial charge in [-0.1, -0.05) is 0 Å². The number of carbonyl (C=O) groups excluding carboxylic acids is 2. The molecule has 0 saturated heterocycles. The summed E-state index contributed by atoms with van der Waals surface area (Å²) in [7, 11) is 0. The molecule has 0 saturated carbocycles. The number of ketones is 1. The lowest BCUT2D eigenvalue weighted by Crippen LogP contribution is -2.20. The van der Waals surface area contributed by atoms with Gasteiger partial charge >= 0.3 is 5.97 Å². The van der Waals surface area contributed by atoms with Gasteiger partial charge in [-0.15, -0.1) is 0 Å². The lowest BCUT2D eigenvalue weighted by molar-refractivity contribution is -0.149. The fourth-order valence-corrected chi connectivity index (χ4v) is 1.25. The standard InChI is InChI=1S/C10H18O4/c1-3-14-10(13)9(5-4-6-11)7-8(2)12/h9,11H,3-7H2,1-2H3. The highest BCUT2D eigenvalue weighted by Gasteiger charge is 2.20. The van der Waals surface area contributed by atoms with E-state index in [-0.39, 0.29) is 30.7 Å². The first-order valence-corrected chi connectivity index (χ1v) is 4.88. The van der Waals surface area contributed by atoms with Crippen LogP contribution >= 0.6 is 0 Å². The van der Waals surface area contributed by atoms with Crippen LogP contribution in [0.2, 0.25) is 0 Å². The number of aliphatic hydroxyl groups excluding tert-OH is 1. The summed E-state index contributed by atoms with van der Waals surface area (Å²) < 4.78 is 4.83. The highest BCUT2D eigenvalue weighted by Crippen LogP contribution is 2.13. The molecule has 1 N–H and O–H groups in total. The van der Waals surface area contributed by atoms with E-state index in [9.17, 15) is 9.59 Å². The predicted octanol–water partition coefficient (Wildman–Crippen LogP) is 0.917. The number of carbonyl (C=O) groups is 2. The second kappa shape index (κ2) is 7.50. The molecule has 14 heavy (non-hydrogen) atoms. The Morgan fingerprint density at radius 3 is 2.50 bits per heavy atom. The van der Waals surface area contributed by atoms with E-state index in [2.05, 4.69) is 0 Å². The summed E-state index contributed by atoms with van der Waals surface area (Å²) in [6, 6.07) is 0. The molecule has 1 atom stereocenters. The predicted molar refractivity (Wildman–Crippen MR) is 51.7 cm³/mol. The topological polar surface area (TPSA) is 63.6 Å². The second-order valence-electron chi connectivity index (χ2n) is 3.22. The molecule has 82 valence electrons. The molecule has 0 aliphatic rings. The van der Waals surface area contributed by atoms with Gasteiger partial charge in [0.1, 0.15) is 5.78 Å². The monoisotopic (exact) mass is 202 g/mol. The zero-order valence-electron chi connectivity index (χ0n) is 8.78. The maximum atomic E-state index is 11.3. The molecule has 4 nitrogen and oxygen atoms in total. The van der Waals surface area contributed by atoms with Crippen molar-refractivity contribution in [1.29, 1.82) is 0 Å². The molecule has 0 radical (unpaired) electrons. The van der Waals surface area contributed by atoms with E-state index >= 15 is 0 Å². The number of Topliss-reactive ketones (excluding diaryl/α,β-unsaturated/α-hetero) is 1. The van der Waals surface area contributed by atoms with Crippen LogP contribution in [0.5, 0.6) is 0 Å². The molecule has 0 aliphatic heterocycles. The molecule has 0 aromatic rings. The molecule has 0 spiro atoms. The Balaban J connectivity index is 4.08. The van der Waals surface area contributed by atoms with E-state index in [1.54, 1.807) is 6.92 Å². The average Bonchev–Trinajstić information content (AvgIpc) is 2.12. The van der Waals surface area contributed by atoms with Gasteiger partial charge in [-0.25, -0.2) is 0 Å². The van der Waals surface area contributed by atoms with E-state index in [4.69, 9.17) is 9.84 Å². The van der Waals surface area contributed by atoms with Gasteiger partial charge in [-0.05, 0) is 26.7 Å². The van der Waals surface area contributed by atoms with Gasteiger partial charge in [-0.3, -0.25) is 4.79 Å². The summed E-state index contributed by atoms with van der Waals surface area (Å²) in [6.45, 7) is 3.54. The number of rotatable bonds is 7. The first-order chi connectivity index (χ1) is 6.61. The van der Waals surface area contributed by atoms with Crippen LogP contribution < -0.4 is 0 Å². The largest absolute Gasteiger partial charge is 0.466 e. The van der Waals surface area contributed by atoms with Crippen LogP contribution in [-0.4, -0.2) is 30.1 Å². The zero-order valence-corrected chi connectivity index (χ0v) is 8.78. The molecule has 0 aromatic carbocycles. The van der Waals surface area contributed by atoms with E-state index in [1.807, 2.05) is 0 Å². The quantitative estimate of drug-likeness (QED) is 0.623. The van der Waals surface area contributed by atoms with Crippen molar-refractivity contribution < 1.29 is 19.4 Å². The zero-order chi connectivity index (χ0) is 11.0. The minimum absolute atomic E-state index is 0.0269. The van der Waals surface area contributed by atoms with Gasteiger partial charge < -0.3 is 14.6 Å². The third-order valence-electron chi connectivity index (χ3n) is 1.86. The smallest absolute Gasteiger partial charge is 0.309 e. The minimum atomic E-state index is -0.389. The first-order valence-electron chi connectivity index (χ1n) is 4.88. The van der Waals surface area contributed by atoms with Gasteiger partial charge in [0.05, 0.1) is 12.5 Å². The van der Waals surface area contributed by atoms with Crippen molar-refractivity contribution in [2.24, 2.45) is 5.92 Å². The Kier molecular flexibility index (Phi) is 7.02. The normalized spacial score (nSPS) is 12.2. The summed E-state index contributed by atoms with van der Waals surface area (Å²) in [6.07, 6.45) is 1.24. The molecule has 4 heteroatoms. The van der Waals surface area contributed by atoms with Gasteiger partial charge in [0.25, 0.3) is 0 Å². The number of esters is 1. The van der Waals surface area contributed by atoms with Crippen LogP contribution in [0.15, 0.2) is 0 Å². The van der Waals surface area contributed by atoms with Gasteiger partial charge in [-0.2, -0.15) is 0 Å². The fourth-order valence-electron chi connectivity index (χ4n) is 1.25. The van der Waals surface area contributed by atoms with Crippen molar-refractivity contribution >= 4 is 11.8 Å².